The highest BCUT2D eigenvalue weighted by Gasteiger charge is 2.00. The van der Waals surface area contributed by atoms with E-state index in [4.69, 9.17) is 6.42 Å². The Kier molecular flexibility index (Phi) is 1.49. The quantitative estimate of drug-likeness (QED) is 0.609. The molecule has 58 valence electrons. The first-order valence-electron chi connectivity index (χ1n) is 3.69. The van der Waals surface area contributed by atoms with Gasteiger partial charge in [0, 0.05) is 18.4 Å². The largest absolute Gasteiger partial charge is 0.360 e. The molecule has 0 bridgehead atoms. The van der Waals surface area contributed by atoms with Gasteiger partial charge in [-0.05, 0) is 24.3 Å². The van der Waals surface area contributed by atoms with Crippen molar-refractivity contribution in [2.45, 2.75) is 0 Å². The van der Waals surface area contributed by atoms with Crippen LogP contribution in [-0.4, -0.2) is 9.55 Å². The first-order chi connectivity index (χ1) is 5.92. The van der Waals surface area contributed by atoms with Crippen molar-refractivity contribution in [3.63, 3.8) is 0 Å². The first-order valence-corrected chi connectivity index (χ1v) is 3.69. The van der Waals surface area contributed by atoms with Gasteiger partial charge in [0.15, 0.2) is 0 Å². The van der Waals surface area contributed by atoms with Crippen molar-refractivity contribution in [1.29, 1.82) is 0 Å². The van der Waals surface area contributed by atoms with Crippen LogP contribution in [0.3, 0.4) is 0 Å². The first kappa shape index (κ1) is 6.81. The molecular formula is C10H8N2. The van der Waals surface area contributed by atoms with Gasteiger partial charge in [-0.1, -0.05) is 6.42 Å². The standard InChI is InChI=1S/C10H8N2/c1-2-12-8-4-6-10(12)9-5-3-7-11-9/h1,3-8,11H. The number of nitrogens with one attached hydrogen (secondary N) is 1. The average Bonchev–Trinajstić information content (AvgIpc) is 2.74. The molecule has 0 aliphatic rings. The molecule has 12 heavy (non-hydrogen) atoms. The van der Waals surface area contributed by atoms with E-state index in [0.29, 0.717) is 0 Å². The smallest absolute Gasteiger partial charge is 0.0773 e. The van der Waals surface area contributed by atoms with E-state index in [-0.39, 0.29) is 0 Å². The minimum Gasteiger partial charge on any atom is -0.360 e. The zero-order valence-corrected chi connectivity index (χ0v) is 6.49. The number of aromatic nitrogens is 2. The van der Waals surface area contributed by atoms with Crippen LogP contribution in [0.4, 0.5) is 0 Å². The van der Waals surface area contributed by atoms with Gasteiger partial charge in [0.05, 0.1) is 11.4 Å². The Hall–Kier alpha value is -1.88. The summed E-state index contributed by atoms with van der Waals surface area (Å²) < 4.78 is 1.74. The number of nitrogens with zero attached hydrogens (tertiary/aromatic N) is 1. The summed E-state index contributed by atoms with van der Waals surface area (Å²) in [6.07, 6.45) is 9.04. The molecule has 0 saturated carbocycles. The molecule has 0 unspecified atom stereocenters. The van der Waals surface area contributed by atoms with Gasteiger partial charge in [-0.3, -0.25) is 4.57 Å². The van der Waals surface area contributed by atoms with Crippen LogP contribution in [0, 0.1) is 12.5 Å². The second kappa shape index (κ2) is 2.63. The van der Waals surface area contributed by atoms with E-state index in [0.717, 1.165) is 11.4 Å². The number of hydrogen-bond acceptors (Lipinski definition) is 0. The van der Waals surface area contributed by atoms with Gasteiger partial charge in [0.2, 0.25) is 0 Å². The summed E-state index contributed by atoms with van der Waals surface area (Å²) in [5.74, 6) is 0. The van der Waals surface area contributed by atoms with Crippen LogP contribution >= 0.6 is 0 Å². The number of aromatic amines is 1. The summed E-state index contributed by atoms with van der Waals surface area (Å²) in [5, 5.41) is 0. The fraction of sp³-hybridized carbons (Fsp3) is 0. The second-order valence-electron chi connectivity index (χ2n) is 2.48. The zero-order chi connectivity index (χ0) is 8.39. The van der Waals surface area contributed by atoms with Gasteiger partial charge < -0.3 is 4.98 Å². The van der Waals surface area contributed by atoms with Crippen LogP contribution < -0.4 is 0 Å². The van der Waals surface area contributed by atoms with Crippen molar-refractivity contribution in [2.24, 2.45) is 0 Å². The number of terminal acetylenes is 1. The van der Waals surface area contributed by atoms with Gasteiger partial charge in [0.1, 0.15) is 0 Å². The Morgan fingerprint density at radius 1 is 1.33 bits per heavy atom. The molecule has 2 heteroatoms. The van der Waals surface area contributed by atoms with Crippen LogP contribution in [0.5, 0.6) is 0 Å². The third-order valence-electron chi connectivity index (χ3n) is 1.76. The van der Waals surface area contributed by atoms with E-state index in [9.17, 15) is 0 Å². The van der Waals surface area contributed by atoms with E-state index in [2.05, 4.69) is 11.0 Å². The molecule has 0 spiro atoms. The minimum atomic E-state index is 1.02. The lowest BCUT2D eigenvalue weighted by atomic mass is 10.3. The van der Waals surface area contributed by atoms with E-state index in [1.54, 1.807) is 4.57 Å². The van der Waals surface area contributed by atoms with Crippen LogP contribution in [0.1, 0.15) is 0 Å². The van der Waals surface area contributed by atoms with Crippen molar-refractivity contribution >= 4 is 0 Å². The molecular weight excluding hydrogens is 148 g/mol. The maximum Gasteiger partial charge on any atom is 0.0773 e. The Bertz CT molecular complexity index is 401. The normalized spacial score (nSPS) is 9.58. The summed E-state index contributed by atoms with van der Waals surface area (Å²) in [6.45, 7) is 0. The molecule has 0 amide bonds. The fourth-order valence-electron chi connectivity index (χ4n) is 1.20. The Labute approximate surface area is 70.8 Å². The Morgan fingerprint density at radius 2 is 2.25 bits per heavy atom. The second-order valence-corrected chi connectivity index (χ2v) is 2.48. The summed E-state index contributed by atoms with van der Waals surface area (Å²) in [7, 11) is 0. The molecule has 0 aliphatic heterocycles. The van der Waals surface area contributed by atoms with Gasteiger partial charge in [-0.15, -0.1) is 0 Å². The van der Waals surface area contributed by atoms with Gasteiger partial charge >= 0.3 is 0 Å². The molecule has 0 fully saturated rings. The van der Waals surface area contributed by atoms with Crippen molar-refractivity contribution in [2.75, 3.05) is 0 Å². The summed E-state index contributed by atoms with van der Waals surface area (Å²) in [6, 6.07) is 10.4. The van der Waals surface area contributed by atoms with Gasteiger partial charge in [-0.2, -0.15) is 0 Å². The lowest BCUT2D eigenvalue weighted by molar-refractivity contribution is 1.14. The van der Waals surface area contributed by atoms with E-state index < -0.39 is 0 Å². The SMILES string of the molecule is C#Cn1cccc1-c1ccc[nH]1. The fourth-order valence-corrected chi connectivity index (χ4v) is 1.20. The Morgan fingerprint density at radius 3 is 2.92 bits per heavy atom. The van der Waals surface area contributed by atoms with E-state index in [1.807, 2.05) is 36.7 Å². The Balaban J connectivity index is 2.55. The lowest BCUT2D eigenvalue weighted by Gasteiger charge is -1.97. The lowest BCUT2D eigenvalue weighted by Crippen LogP contribution is -1.88. The molecule has 2 rings (SSSR count). The van der Waals surface area contributed by atoms with Crippen LogP contribution in [0.25, 0.3) is 11.4 Å². The summed E-state index contributed by atoms with van der Waals surface area (Å²) in [4.78, 5) is 3.10. The highest BCUT2D eigenvalue weighted by atomic mass is 14.9. The molecule has 0 aromatic carbocycles. The van der Waals surface area contributed by atoms with Crippen LogP contribution in [0.15, 0.2) is 36.7 Å². The van der Waals surface area contributed by atoms with Gasteiger partial charge in [-0.25, -0.2) is 0 Å². The highest BCUT2D eigenvalue weighted by molar-refractivity contribution is 5.56. The predicted molar refractivity (Wildman–Crippen MR) is 48.4 cm³/mol. The van der Waals surface area contributed by atoms with Crippen LogP contribution in [0.2, 0.25) is 0 Å². The monoisotopic (exact) mass is 156 g/mol. The zero-order valence-electron chi connectivity index (χ0n) is 6.49. The summed E-state index contributed by atoms with van der Waals surface area (Å²) in [5.41, 5.74) is 2.06. The molecule has 2 nitrogen and oxygen atoms in total. The molecule has 2 aromatic rings. The maximum atomic E-state index is 5.30. The minimum absolute atomic E-state index is 1.02. The third kappa shape index (κ3) is 0.923. The topological polar surface area (TPSA) is 20.7 Å². The number of hydrogen-bond donors (Lipinski definition) is 1. The number of H-pyrrole nitrogens is 1. The molecule has 0 aliphatic carbocycles. The average molecular weight is 156 g/mol. The van der Waals surface area contributed by atoms with Crippen molar-refractivity contribution in [1.82, 2.24) is 9.55 Å². The van der Waals surface area contributed by atoms with Crippen molar-refractivity contribution in [3.05, 3.63) is 36.7 Å². The molecule has 0 radical (unpaired) electrons. The summed E-state index contributed by atoms with van der Waals surface area (Å²) >= 11 is 0. The maximum absolute atomic E-state index is 5.30. The highest BCUT2D eigenvalue weighted by Crippen LogP contribution is 2.16. The van der Waals surface area contributed by atoms with Crippen LogP contribution in [-0.2, 0) is 0 Å². The van der Waals surface area contributed by atoms with E-state index in [1.165, 1.54) is 0 Å². The molecule has 2 aromatic heterocycles. The van der Waals surface area contributed by atoms with Crippen molar-refractivity contribution < 1.29 is 0 Å². The third-order valence-corrected chi connectivity index (χ3v) is 1.76. The molecule has 0 saturated heterocycles. The number of rotatable bonds is 1. The molecule has 1 N–H and O–H groups in total. The van der Waals surface area contributed by atoms with Crippen molar-refractivity contribution in [3.8, 4) is 23.9 Å². The molecule has 0 atom stereocenters. The van der Waals surface area contributed by atoms with Gasteiger partial charge in [0.25, 0.3) is 0 Å². The van der Waals surface area contributed by atoms with E-state index >= 15 is 0 Å². The predicted octanol–water partition coefficient (Wildman–Crippen LogP) is 1.92. The molecule has 2 heterocycles.